The Kier molecular flexibility index (Phi) is 4.64. The van der Waals surface area contributed by atoms with E-state index in [1.165, 1.54) is 25.1 Å². The molecule has 19 heavy (non-hydrogen) atoms. The fourth-order valence-corrected chi connectivity index (χ4v) is 1.20. The van der Waals surface area contributed by atoms with Crippen molar-refractivity contribution in [2.75, 3.05) is 0 Å². The lowest BCUT2D eigenvalue weighted by Gasteiger charge is -2.20. The van der Waals surface area contributed by atoms with E-state index < -0.39 is 23.2 Å². The SMILES string of the molecule is CC(NC(=O)C(C)(C)C)C(=O)Oc1ccccc1F. The highest BCUT2D eigenvalue weighted by atomic mass is 19.1. The predicted octanol–water partition coefficient (Wildman–Crippen LogP) is 2.28. The zero-order chi connectivity index (χ0) is 14.6. The van der Waals surface area contributed by atoms with Crippen LogP contribution in [0.3, 0.4) is 0 Å². The number of para-hydroxylation sites is 1. The predicted molar refractivity (Wildman–Crippen MR) is 69.1 cm³/mol. The molecule has 104 valence electrons. The van der Waals surface area contributed by atoms with Crippen molar-refractivity contribution < 1.29 is 18.7 Å². The largest absolute Gasteiger partial charge is 0.422 e. The summed E-state index contributed by atoms with van der Waals surface area (Å²) in [4.78, 5) is 23.4. The van der Waals surface area contributed by atoms with Crippen LogP contribution in [-0.2, 0) is 9.59 Å². The molecule has 0 spiro atoms. The summed E-state index contributed by atoms with van der Waals surface area (Å²) in [7, 11) is 0. The van der Waals surface area contributed by atoms with Crippen molar-refractivity contribution in [2.45, 2.75) is 33.7 Å². The van der Waals surface area contributed by atoms with E-state index in [0.29, 0.717) is 0 Å². The molecule has 0 aliphatic heterocycles. The van der Waals surface area contributed by atoms with Crippen molar-refractivity contribution >= 4 is 11.9 Å². The van der Waals surface area contributed by atoms with Gasteiger partial charge < -0.3 is 10.1 Å². The number of halogens is 1. The molecular formula is C14H18FNO3. The Morgan fingerprint density at radius 3 is 2.37 bits per heavy atom. The second kappa shape index (κ2) is 5.82. The molecule has 1 aromatic rings. The Balaban J connectivity index is 2.64. The van der Waals surface area contributed by atoms with Gasteiger partial charge in [-0.15, -0.1) is 0 Å². The van der Waals surface area contributed by atoms with E-state index in [4.69, 9.17) is 4.74 Å². The van der Waals surface area contributed by atoms with E-state index in [0.717, 1.165) is 0 Å². The molecule has 0 aliphatic rings. The quantitative estimate of drug-likeness (QED) is 0.675. The Morgan fingerprint density at radius 2 is 1.84 bits per heavy atom. The zero-order valence-electron chi connectivity index (χ0n) is 11.5. The van der Waals surface area contributed by atoms with Gasteiger partial charge in [0, 0.05) is 5.41 Å². The summed E-state index contributed by atoms with van der Waals surface area (Å²) in [6, 6.07) is 4.76. The first-order valence-electron chi connectivity index (χ1n) is 5.99. The topological polar surface area (TPSA) is 55.4 Å². The highest BCUT2D eigenvalue weighted by molar-refractivity contribution is 5.87. The number of benzene rings is 1. The van der Waals surface area contributed by atoms with E-state index >= 15 is 0 Å². The van der Waals surface area contributed by atoms with Crippen LogP contribution < -0.4 is 10.1 Å². The van der Waals surface area contributed by atoms with Crippen molar-refractivity contribution in [1.29, 1.82) is 0 Å². The Labute approximate surface area is 112 Å². The maximum Gasteiger partial charge on any atom is 0.333 e. The van der Waals surface area contributed by atoms with Crippen LogP contribution in [0.2, 0.25) is 0 Å². The van der Waals surface area contributed by atoms with Crippen LogP contribution in [0.1, 0.15) is 27.7 Å². The summed E-state index contributed by atoms with van der Waals surface area (Å²) in [5, 5.41) is 2.52. The third-order valence-electron chi connectivity index (χ3n) is 2.43. The molecule has 0 heterocycles. The molecule has 0 aromatic heterocycles. The number of hydrogen-bond acceptors (Lipinski definition) is 3. The van der Waals surface area contributed by atoms with E-state index in [1.54, 1.807) is 26.8 Å². The second-order valence-corrected chi connectivity index (χ2v) is 5.30. The van der Waals surface area contributed by atoms with Crippen LogP contribution in [0.4, 0.5) is 4.39 Å². The third kappa shape index (κ3) is 4.35. The first-order chi connectivity index (χ1) is 8.71. The van der Waals surface area contributed by atoms with Gasteiger partial charge >= 0.3 is 5.97 Å². The summed E-state index contributed by atoms with van der Waals surface area (Å²) in [5.74, 6) is -1.75. The molecular weight excluding hydrogens is 249 g/mol. The highest BCUT2D eigenvalue weighted by Gasteiger charge is 2.26. The number of esters is 1. The number of carbonyl (C=O) groups is 2. The van der Waals surface area contributed by atoms with Crippen molar-refractivity contribution in [1.82, 2.24) is 5.32 Å². The number of hydrogen-bond donors (Lipinski definition) is 1. The summed E-state index contributed by atoms with van der Waals surface area (Å²) < 4.78 is 18.2. The van der Waals surface area contributed by atoms with Gasteiger partial charge in [-0.3, -0.25) is 4.79 Å². The van der Waals surface area contributed by atoms with Gasteiger partial charge in [0.2, 0.25) is 5.91 Å². The summed E-state index contributed by atoms with van der Waals surface area (Å²) in [6.07, 6.45) is 0. The number of carbonyl (C=O) groups excluding carboxylic acids is 2. The minimum Gasteiger partial charge on any atom is -0.422 e. The molecule has 0 saturated carbocycles. The molecule has 4 nitrogen and oxygen atoms in total. The van der Waals surface area contributed by atoms with Crippen molar-refractivity contribution in [2.24, 2.45) is 5.41 Å². The van der Waals surface area contributed by atoms with Crippen LogP contribution >= 0.6 is 0 Å². The lowest BCUT2D eigenvalue weighted by molar-refractivity contribution is -0.140. The van der Waals surface area contributed by atoms with Gasteiger partial charge in [-0.1, -0.05) is 32.9 Å². The van der Waals surface area contributed by atoms with Crippen LogP contribution in [0.5, 0.6) is 5.75 Å². The maximum absolute atomic E-state index is 13.3. The summed E-state index contributed by atoms with van der Waals surface area (Å²) in [5.41, 5.74) is -0.605. The van der Waals surface area contributed by atoms with Gasteiger partial charge in [-0.2, -0.15) is 0 Å². The summed E-state index contributed by atoms with van der Waals surface area (Å²) in [6.45, 7) is 6.69. The minimum atomic E-state index is -0.841. The number of ether oxygens (including phenoxy) is 1. The molecule has 0 aliphatic carbocycles. The molecule has 5 heteroatoms. The van der Waals surface area contributed by atoms with Gasteiger partial charge in [-0.05, 0) is 19.1 Å². The molecule has 0 fully saturated rings. The molecule has 0 radical (unpaired) electrons. The van der Waals surface area contributed by atoms with Crippen LogP contribution in [0.25, 0.3) is 0 Å². The lowest BCUT2D eigenvalue weighted by Crippen LogP contribution is -2.45. The Hall–Kier alpha value is -1.91. The minimum absolute atomic E-state index is 0.149. The first-order valence-corrected chi connectivity index (χ1v) is 5.99. The molecule has 1 N–H and O–H groups in total. The standard InChI is InChI=1S/C14H18FNO3/c1-9(16-13(18)14(2,3)4)12(17)19-11-8-6-5-7-10(11)15/h5-9H,1-4H3,(H,16,18). The van der Waals surface area contributed by atoms with Gasteiger partial charge in [0.25, 0.3) is 0 Å². The highest BCUT2D eigenvalue weighted by Crippen LogP contribution is 2.16. The van der Waals surface area contributed by atoms with Gasteiger partial charge in [0.1, 0.15) is 6.04 Å². The van der Waals surface area contributed by atoms with Gasteiger partial charge in [-0.25, -0.2) is 9.18 Å². The molecule has 1 unspecified atom stereocenters. The molecule has 0 saturated heterocycles. The van der Waals surface area contributed by atoms with E-state index in [-0.39, 0.29) is 11.7 Å². The van der Waals surface area contributed by atoms with Crippen LogP contribution in [0.15, 0.2) is 24.3 Å². The van der Waals surface area contributed by atoms with E-state index in [2.05, 4.69) is 5.32 Å². The molecule has 1 amide bonds. The van der Waals surface area contributed by atoms with Crippen molar-refractivity contribution in [3.05, 3.63) is 30.1 Å². The lowest BCUT2D eigenvalue weighted by atomic mass is 9.95. The average molecular weight is 267 g/mol. The average Bonchev–Trinajstić information content (AvgIpc) is 2.30. The number of nitrogens with one attached hydrogen (secondary N) is 1. The maximum atomic E-state index is 13.3. The molecule has 1 aromatic carbocycles. The molecule has 1 rings (SSSR count). The van der Waals surface area contributed by atoms with Crippen LogP contribution in [-0.4, -0.2) is 17.9 Å². The molecule has 0 bridgehead atoms. The summed E-state index contributed by atoms with van der Waals surface area (Å²) >= 11 is 0. The zero-order valence-corrected chi connectivity index (χ0v) is 11.5. The second-order valence-electron chi connectivity index (χ2n) is 5.30. The van der Waals surface area contributed by atoms with E-state index in [1.807, 2.05) is 0 Å². The van der Waals surface area contributed by atoms with Gasteiger partial charge in [0.05, 0.1) is 0 Å². The van der Waals surface area contributed by atoms with Crippen molar-refractivity contribution in [3.8, 4) is 5.75 Å². The first kappa shape index (κ1) is 15.1. The number of rotatable bonds is 3. The van der Waals surface area contributed by atoms with Gasteiger partial charge in [0.15, 0.2) is 11.6 Å². The van der Waals surface area contributed by atoms with E-state index in [9.17, 15) is 14.0 Å². The monoisotopic (exact) mass is 267 g/mol. The normalized spacial score (nSPS) is 12.7. The Bertz CT molecular complexity index is 480. The fourth-order valence-electron chi connectivity index (χ4n) is 1.20. The van der Waals surface area contributed by atoms with Crippen molar-refractivity contribution in [3.63, 3.8) is 0 Å². The fraction of sp³-hybridized carbons (Fsp3) is 0.429. The third-order valence-corrected chi connectivity index (χ3v) is 2.43. The van der Waals surface area contributed by atoms with Crippen LogP contribution in [0, 0.1) is 11.2 Å². The molecule has 1 atom stereocenters. The number of amides is 1. The smallest absolute Gasteiger partial charge is 0.333 e. The Morgan fingerprint density at radius 1 is 1.26 bits per heavy atom.